The molecule has 3 aromatic rings. The molecule has 100 valence electrons. The summed E-state index contributed by atoms with van der Waals surface area (Å²) in [5, 5.41) is 1.49. The van der Waals surface area contributed by atoms with Crippen LogP contribution in [-0.2, 0) is 0 Å². The van der Waals surface area contributed by atoms with Gasteiger partial charge < -0.3 is 10.5 Å². The first-order valence-electron chi connectivity index (χ1n) is 6.23. The van der Waals surface area contributed by atoms with Gasteiger partial charge in [-0.2, -0.15) is 0 Å². The number of hydrogen-bond acceptors (Lipinski definition) is 3. The monoisotopic (exact) mass is 284 g/mol. The van der Waals surface area contributed by atoms with Crippen LogP contribution in [0.4, 0.5) is 5.69 Å². The molecule has 1 aromatic heterocycles. The van der Waals surface area contributed by atoms with Gasteiger partial charge in [-0.1, -0.05) is 35.9 Å². The maximum atomic E-state index is 6.14. The number of halogens is 1. The number of benzene rings is 2. The quantitative estimate of drug-likeness (QED) is 0.701. The van der Waals surface area contributed by atoms with Gasteiger partial charge in [0.25, 0.3) is 0 Å². The van der Waals surface area contributed by atoms with Gasteiger partial charge in [0, 0.05) is 11.1 Å². The zero-order chi connectivity index (χ0) is 14.1. The Balaban J connectivity index is 2.13. The fraction of sp³-hybridized carbons (Fsp3) is 0.0625. The van der Waals surface area contributed by atoms with Crippen LogP contribution in [0.3, 0.4) is 0 Å². The summed E-state index contributed by atoms with van der Waals surface area (Å²) >= 11 is 6.14. The van der Waals surface area contributed by atoms with E-state index in [-0.39, 0.29) is 0 Å². The molecule has 4 heteroatoms. The van der Waals surface area contributed by atoms with Crippen molar-refractivity contribution >= 4 is 28.2 Å². The van der Waals surface area contributed by atoms with Gasteiger partial charge in [0.15, 0.2) is 11.5 Å². The maximum absolute atomic E-state index is 6.14. The third kappa shape index (κ3) is 2.28. The summed E-state index contributed by atoms with van der Waals surface area (Å²) in [6.07, 6.45) is 0. The number of nitrogens with two attached hydrogens (primary N) is 1. The van der Waals surface area contributed by atoms with Crippen molar-refractivity contribution in [3.05, 3.63) is 59.2 Å². The number of nitrogen functional groups attached to an aromatic ring is 1. The Morgan fingerprint density at radius 3 is 2.65 bits per heavy atom. The fourth-order valence-corrected chi connectivity index (χ4v) is 2.26. The molecule has 0 radical (unpaired) electrons. The Labute approximate surface area is 122 Å². The van der Waals surface area contributed by atoms with E-state index in [2.05, 4.69) is 4.98 Å². The summed E-state index contributed by atoms with van der Waals surface area (Å²) in [7, 11) is 0. The molecule has 0 aliphatic heterocycles. The van der Waals surface area contributed by atoms with Crippen molar-refractivity contribution in [1.29, 1.82) is 0 Å². The molecule has 0 saturated heterocycles. The van der Waals surface area contributed by atoms with Crippen LogP contribution >= 0.6 is 11.6 Å². The van der Waals surface area contributed by atoms with Gasteiger partial charge in [-0.3, -0.25) is 0 Å². The van der Waals surface area contributed by atoms with Crippen LogP contribution < -0.4 is 10.5 Å². The minimum Gasteiger partial charge on any atom is -0.451 e. The van der Waals surface area contributed by atoms with Gasteiger partial charge in [0.2, 0.25) is 0 Å². The minimum atomic E-state index is 0.463. The average molecular weight is 285 g/mol. The lowest BCUT2D eigenvalue weighted by molar-refractivity contribution is 0.490. The van der Waals surface area contributed by atoms with Gasteiger partial charge in [0.05, 0.1) is 10.7 Å². The van der Waals surface area contributed by atoms with E-state index in [1.807, 2.05) is 37.3 Å². The Morgan fingerprint density at radius 2 is 1.85 bits per heavy atom. The highest BCUT2D eigenvalue weighted by Gasteiger charge is 2.10. The smallest absolute Gasteiger partial charge is 0.168 e. The van der Waals surface area contributed by atoms with E-state index in [9.17, 15) is 0 Å². The van der Waals surface area contributed by atoms with Gasteiger partial charge >= 0.3 is 0 Å². The summed E-state index contributed by atoms with van der Waals surface area (Å²) in [4.78, 5) is 4.52. The van der Waals surface area contributed by atoms with Crippen molar-refractivity contribution in [3.63, 3.8) is 0 Å². The summed E-state index contributed by atoms with van der Waals surface area (Å²) in [6, 6.07) is 15.0. The lowest BCUT2D eigenvalue weighted by Crippen LogP contribution is -1.94. The zero-order valence-electron chi connectivity index (χ0n) is 10.9. The minimum absolute atomic E-state index is 0.463. The SMILES string of the molecule is Cc1ccc2cccc(Oc3c(N)cccc3Cl)c2n1. The molecule has 2 N–H and O–H groups in total. The van der Waals surface area contributed by atoms with Crippen molar-refractivity contribution in [2.75, 3.05) is 5.73 Å². The number of nitrogens with zero attached hydrogens (tertiary/aromatic N) is 1. The molecule has 3 rings (SSSR count). The van der Waals surface area contributed by atoms with Crippen molar-refractivity contribution < 1.29 is 4.74 Å². The van der Waals surface area contributed by atoms with E-state index >= 15 is 0 Å². The Morgan fingerprint density at radius 1 is 1.05 bits per heavy atom. The summed E-state index contributed by atoms with van der Waals surface area (Å²) in [5.74, 6) is 1.11. The van der Waals surface area contributed by atoms with E-state index in [1.54, 1.807) is 18.2 Å². The van der Waals surface area contributed by atoms with Crippen LogP contribution in [0.1, 0.15) is 5.69 Å². The van der Waals surface area contributed by atoms with Crippen molar-refractivity contribution in [1.82, 2.24) is 4.98 Å². The Kier molecular flexibility index (Phi) is 3.20. The van der Waals surface area contributed by atoms with Crippen molar-refractivity contribution in [2.45, 2.75) is 6.92 Å². The molecule has 0 aliphatic carbocycles. The van der Waals surface area contributed by atoms with Crippen LogP contribution in [0.5, 0.6) is 11.5 Å². The topological polar surface area (TPSA) is 48.1 Å². The second-order valence-electron chi connectivity index (χ2n) is 4.54. The molecule has 0 atom stereocenters. The standard InChI is InChI=1S/C16H13ClN2O/c1-10-8-9-11-4-2-7-14(15(11)19-10)20-16-12(17)5-3-6-13(16)18/h2-9H,18H2,1H3. The van der Waals surface area contributed by atoms with Crippen molar-refractivity contribution in [2.24, 2.45) is 0 Å². The van der Waals surface area contributed by atoms with Crippen LogP contribution in [-0.4, -0.2) is 4.98 Å². The lowest BCUT2D eigenvalue weighted by Gasteiger charge is -2.12. The molecule has 0 unspecified atom stereocenters. The van der Waals surface area contributed by atoms with Crippen LogP contribution in [0, 0.1) is 6.92 Å². The fourth-order valence-electron chi connectivity index (χ4n) is 2.04. The van der Waals surface area contributed by atoms with E-state index in [0.29, 0.717) is 22.2 Å². The highest BCUT2D eigenvalue weighted by molar-refractivity contribution is 6.32. The molecular formula is C16H13ClN2O. The van der Waals surface area contributed by atoms with Gasteiger partial charge in [0.1, 0.15) is 5.52 Å². The third-order valence-corrected chi connectivity index (χ3v) is 3.33. The highest BCUT2D eigenvalue weighted by atomic mass is 35.5. The highest BCUT2D eigenvalue weighted by Crippen LogP contribution is 2.36. The number of hydrogen-bond donors (Lipinski definition) is 1. The van der Waals surface area contributed by atoms with Crippen molar-refractivity contribution in [3.8, 4) is 11.5 Å². The number of aromatic nitrogens is 1. The summed E-state index contributed by atoms with van der Waals surface area (Å²) in [5.41, 5.74) is 8.14. The molecular weight excluding hydrogens is 272 g/mol. The van der Waals surface area contributed by atoms with Crippen LogP contribution in [0.25, 0.3) is 10.9 Å². The molecule has 0 amide bonds. The first-order valence-corrected chi connectivity index (χ1v) is 6.61. The van der Waals surface area contributed by atoms with E-state index in [1.165, 1.54) is 0 Å². The Bertz CT molecular complexity index is 766. The molecule has 0 saturated carbocycles. The predicted molar refractivity (Wildman–Crippen MR) is 82.4 cm³/mol. The average Bonchev–Trinajstić information content (AvgIpc) is 2.43. The molecule has 0 spiro atoms. The Hall–Kier alpha value is -2.26. The number of ether oxygens (including phenoxy) is 1. The van der Waals surface area contributed by atoms with Gasteiger partial charge in [-0.15, -0.1) is 0 Å². The molecule has 20 heavy (non-hydrogen) atoms. The second-order valence-corrected chi connectivity index (χ2v) is 4.95. The van der Waals surface area contributed by atoms with Gasteiger partial charge in [-0.25, -0.2) is 4.98 Å². The van der Waals surface area contributed by atoms with E-state index in [4.69, 9.17) is 22.1 Å². The van der Waals surface area contributed by atoms with Crippen LogP contribution in [0.15, 0.2) is 48.5 Å². The molecule has 0 bridgehead atoms. The van der Waals surface area contributed by atoms with Crippen LogP contribution in [0.2, 0.25) is 5.02 Å². The number of fused-ring (bicyclic) bond motifs is 1. The molecule has 0 fully saturated rings. The first kappa shape index (κ1) is 12.8. The van der Waals surface area contributed by atoms with E-state index in [0.717, 1.165) is 16.6 Å². The number of aryl methyl sites for hydroxylation is 1. The first-order chi connectivity index (χ1) is 9.65. The maximum Gasteiger partial charge on any atom is 0.168 e. The number of para-hydroxylation sites is 2. The summed E-state index contributed by atoms with van der Waals surface area (Å²) in [6.45, 7) is 1.94. The number of anilines is 1. The number of pyridine rings is 1. The zero-order valence-corrected chi connectivity index (χ0v) is 11.7. The van der Waals surface area contributed by atoms with Gasteiger partial charge in [-0.05, 0) is 31.2 Å². The molecule has 2 aromatic carbocycles. The lowest BCUT2D eigenvalue weighted by atomic mass is 10.2. The largest absolute Gasteiger partial charge is 0.451 e. The van der Waals surface area contributed by atoms with E-state index < -0.39 is 0 Å². The summed E-state index contributed by atoms with van der Waals surface area (Å²) < 4.78 is 5.89. The molecule has 0 aliphatic rings. The second kappa shape index (κ2) is 5.02. The molecule has 3 nitrogen and oxygen atoms in total. The normalized spacial score (nSPS) is 10.7. The molecule has 1 heterocycles. The third-order valence-electron chi connectivity index (χ3n) is 3.03. The predicted octanol–water partition coefficient (Wildman–Crippen LogP) is 4.57. The number of rotatable bonds is 2.